The third kappa shape index (κ3) is 4.21. The first-order valence-corrected chi connectivity index (χ1v) is 5.13. The number of alkyl halides is 3. The van der Waals surface area contributed by atoms with Crippen molar-refractivity contribution >= 4 is 11.5 Å². The quantitative estimate of drug-likeness (QED) is 0.664. The molecule has 0 spiro atoms. The zero-order valence-electron chi connectivity index (χ0n) is 9.95. The maximum Gasteiger partial charge on any atom is 0.454 e. The Hall–Kier alpha value is -1.82. The number of carbonyl (C=O) groups excluding carboxylic acids is 1. The van der Waals surface area contributed by atoms with Crippen LogP contribution in [0.3, 0.4) is 0 Å². The maximum absolute atomic E-state index is 12.2. The number of carbonyl (C=O) groups is 1. The number of halogens is 3. The lowest BCUT2D eigenvalue weighted by Crippen LogP contribution is -2.30. The second kappa shape index (κ2) is 5.68. The van der Waals surface area contributed by atoms with Crippen molar-refractivity contribution in [3.05, 3.63) is 42.0 Å². The zero-order valence-corrected chi connectivity index (χ0v) is 9.95. The Balaban J connectivity index is 3.07. The van der Waals surface area contributed by atoms with Crippen molar-refractivity contribution in [1.82, 2.24) is 10.4 Å². The van der Waals surface area contributed by atoms with E-state index in [0.717, 1.165) is 0 Å². The number of hydrazine groups is 1. The minimum atomic E-state index is -4.87. The molecule has 0 amide bonds. The maximum atomic E-state index is 12.2. The van der Waals surface area contributed by atoms with Crippen LogP contribution in [0.4, 0.5) is 13.2 Å². The standard InChI is InChI=1S/C12H13F3N2O/c1-17(2)16-10(8-11(18)12(13,14)15)9-6-4-3-5-7-9/h3-8,16H,1-2H3/b10-8-. The minimum absolute atomic E-state index is 0.0999. The average molecular weight is 258 g/mol. The Bertz CT molecular complexity index is 438. The molecule has 1 rings (SSSR count). The summed E-state index contributed by atoms with van der Waals surface area (Å²) in [7, 11) is 3.24. The summed E-state index contributed by atoms with van der Waals surface area (Å²) in [6.07, 6.45) is -4.32. The highest BCUT2D eigenvalue weighted by atomic mass is 19.4. The van der Waals surface area contributed by atoms with Gasteiger partial charge in [0.25, 0.3) is 5.78 Å². The summed E-state index contributed by atoms with van der Waals surface area (Å²) in [5.74, 6) is -1.89. The molecule has 0 saturated carbocycles. The molecule has 1 aromatic carbocycles. The molecule has 1 aromatic rings. The second-order valence-corrected chi connectivity index (χ2v) is 3.79. The highest BCUT2D eigenvalue weighted by Gasteiger charge is 2.36. The molecular weight excluding hydrogens is 245 g/mol. The molecule has 0 unspecified atom stereocenters. The number of nitrogens with zero attached hydrogens (tertiary/aromatic N) is 1. The fourth-order valence-electron chi connectivity index (χ4n) is 1.25. The van der Waals surface area contributed by atoms with Gasteiger partial charge in [-0.05, 0) is 5.56 Å². The molecule has 0 bridgehead atoms. The van der Waals surface area contributed by atoms with E-state index in [2.05, 4.69) is 5.43 Å². The smallest absolute Gasteiger partial charge is 0.319 e. The van der Waals surface area contributed by atoms with Crippen molar-refractivity contribution in [2.45, 2.75) is 6.18 Å². The average Bonchev–Trinajstić information content (AvgIpc) is 2.27. The molecule has 18 heavy (non-hydrogen) atoms. The van der Waals surface area contributed by atoms with Crippen LogP contribution in [0.1, 0.15) is 5.56 Å². The van der Waals surface area contributed by atoms with Crippen molar-refractivity contribution in [1.29, 1.82) is 0 Å². The summed E-state index contributed by atoms with van der Waals surface area (Å²) in [6.45, 7) is 0. The Labute approximate surface area is 103 Å². The first-order chi connectivity index (χ1) is 8.30. The van der Waals surface area contributed by atoms with Gasteiger partial charge in [0, 0.05) is 20.2 Å². The van der Waals surface area contributed by atoms with Crippen LogP contribution >= 0.6 is 0 Å². The number of hydrogen-bond acceptors (Lipinski definition) is 3. The van der Waals surface area contributed by atoms with Crippen molar-refractivity contribution in [3.63, 3.8) is 0 Å². The van der Waals surface area contributed by atoms with Gasteiger partial charge in [0.2, 0.25) is 0 Å². The highest BCUT2D eigenvalue weighted by molar-refractivity contribution is 6.00. The van der Waals surface area contributed by atoms with E-state index in [1.165, 1.54) is 5.01 Å². The number of rotatable bonds is 4. The van der Waals surface area contributed by atoms with Crippen LogP contribution in [0.2, 0.25) is 0 Å². The summed E-state index contributed by atoms with van der Waals surface area (Å²) >= 11 is 0. The highest BCUT2D eigenvalue weighted by Crippen LogP contribution is 2.19. The Kier molecular flexibility index (Phi) is 4.49. The second-order valence-electron chi connectivity index (χ2n) is 3.79. The molecule has 98 valence electrons. The molecule has 0 saturated heterocycles. The lowest BCUT2D eigenvalue weighted by molar-refractivity contribution is -0.165. The monoisotopic (exact) mass is 258 g/mol. The van der Waals surface area contributed by atoms with Crippen molar-refractivity contribution in [3.8, 4) is 0 Å². The number of ketones is 1. The van der Waals surface area contributed by atoms with Crippen LogP contribution in [-0.4, -0.2) is 31.1 Å². The van der Waals surface area contributed by atoms with E-state index < -0.39 is 12.0 Å². The van der Waals surface area contributed by atoms with Crippen LogP contribution in [0, 0.1) is 0 Å². The number of hydrogen-bond donors (Lipinski definition) is 1. The SMILES string of the molecule is CN(C)N/C(=C\C(=O)C(F)(F)F)c1ccccc1. The fraction of sp³-hybridized carbons (Fsp3) is 0.250. The van der Waals surface area contributed by atoms with Gasteiger partial charge in [-0.1, -0.05) is 30.3 Å². The van der Waals surface area contributed by atoms with E-state index in [-0.39, 0.29) is 5.70 Å². The molecule has 0 aromatic heterocycles. The molecule has 0 aliphatic rings. The van der Waals surface area contributed by atoms with Crippen LogP contribution < -0.4 is 5.43 Å². The van der Waals surface area contributed by atoms with E-state index in [4.69, 9.17) is 0 Å². The first-order valence-electron chi connectivity index (χ1n) is 5.13. The Morgan fingerprint density at radius 3 is 2.22 bits per heavy atom. The van der Waals surface area contributed by atoms with Gasteiger partial charge in [-0.3, -0.25) is 4.79 Å². The van der Waals surface area contributed by atoms with E-state index in [9.17, 15) is 18.0 Å². The first kappa shape index (κ1) is 14.2. The summed E-state index contributed by atoms with van der Waals surface area (Å²) in [5.41, 5.74) is 3.28. The van der Waals surface area contributed by atoms with Crippen LogP contribution in [0.25, 0.3) is 5.70 Å². The molecule has 0 heterocycles. The third-order valence-corrected chi connectivity index (χ3v) is 1.98. The normalized spacial score (nSPS) is 12.7. The Morgan fingerprint density at radius 1 is 1.22 bits per heavy atom. The summed E-state index contributed by atoms with van der Waals surface area (Å²) in [5, 5.41) is 1.46. The van der Waals surface area contributed by atoms with Gasteiger partial charge in [0.1, 0.15) is 0 Å². The van der Waals surface area contributed by atoms with Gasteiger partial charge in [-0.25, -0.2) is 5.01 Å². The van der Waals surface area contributed by atoms with Gasteiger partial charge < -0.3 is 5.43 Å². The molecule has 0 fully saturated rings. The summed E-state index contributed by atoms with van der Waals surface area (Å²) in [4.78, 5) is 11.0. The van der Waals surface area contributed by atoms with E-state index in [1.807, 2.05) is 0 Å². The Morgan fingerprint density at radius 2 is 1.78 bits per heavy atom. The molecule has 0 radical (unpaired) electrons. The van der Waals surface area contributed by atoms with E-state index >= 15 is 0 Å². The van der Waals surface area contributed by atoms with Crippen molar-refractivity contribution in [2.75, 3.05) is 14.1 Å². The molecule has 0 aliphatic carbocycles. The predicted octanol–water partition coefficient (Wildman–Crippen LogP) is 2.23. The van der Waals surface area contributed by atoms with E-state index in [1.54, 1.807) is 44.4 Å². The molecule has 0 atom stereocenters. The number of nitrogens with one attached hydrogen (secondary N) is 1. The largest absolute Gasteiger partial charge is 0.454 e. The molecule has 1 N–H and O–H groups in total. The topological polar surface area (TPSA) is 32.3 Å². The van der Waals surface area contributed by atoms with Crippen LogP contribution in [-0.2, 0) is 4.79 Å². The lowest BCUT2D eigenvalue weighted by atomic mass is 10.1. The zero-order chi connectivity index (χ0) is 13.8. The molecule has 6 heteroatoms. The third-order valence-electron chi connectivity index (χ3n) is 1.98. The van der Waals surface area contributed by atoms with Crippen molar-refractivity contribution < 1.29 is 18.0 Å². The van der Waals surface area contributed by atoms with Gasteiger partial charge in [-0.15, -0.1) is 0 Å². The lowest BCUT2D eigenvalue weighted by Gasteiger charge is -2.17. The molecular formula is C12H13F3N2O. The van der Waals surface area contributed by atoms with E-state index in [0.29, 0.717) is 11.6 Å². The minimum Gasteiger partial charge on any atom is -0.319 e. The van der Waals surface area contributed by atoms with Gasteiger partial charge in [-0.2, -0.15) is 13.2 Å². The van der Waals surface area contributed by atoms with Crippen molar-refractivity contribution in [2.24, 2.45) is 0 Å². The van der Waals surface area contributed by atoms with Gasteiger partial charge >= 0.3 is 6.18 Å². The fourth-order valence-corrected chi connectivity index (χ4v) is 1.25. The molecule has 0 aliphatic heterocycles. The summed E-state index contributed by atoms with van der Waals surface area (Å²) < 4.78 is 36.7. The molecule has 3 nitrogen and oxygen atoms in total. The summed E-state index contributed by atoms with van der Waals surface area (Å²) in [6, 6.07) is 8.33. The number of allylic oxidation sites excluding steroid dienone is 1. The van der Waals surface area contributed by atoms with Crippen LogP contribution in [0.5, 0.6) is 0 Å². The number of benzene rings is 1. The predicted molar refractivity (Wildman–Crippen MR) is 62.3 cm³/mol. The van der Waals surface area contributed by atoms with Gasteiger partial charge in [0.15, 0.2) is 0 Å². The van der Waals surface area contributed by atoms with Crippen LogP contribution in [0.15, 0.2) is 36.4 Å². The van der Waals surface area contributed by atoms with Gasteiger partial charge in [0.05, 0.1) is 5.70 Å².